The summed E-state index contributed by atoms with van der Waals surface area (Å²) in [6, 6.07) is 19.0. The first-order chi connectivity index (χ1) is 18.5. The number of hydrogen-bond acceptors (Lipinski definition) is 4. The molecule has 5 nitrogen and oxygen atoms in total. The molecule has 200 valence electrons. The van der Waals surface area contributed by atoms with E-state index in [4.69, 9.17) is 0 Å². The minimum Gasteiger partial charge on any atom is -0.340 e. The van der Waals surface area contributed by atoms with E-state index in [9.17, 15) is 9.59 Å². The first-order valence-electron chi connectivity index (χ1n) is 14.1. The Morgan fingerprint density at radius 2 is 1.66 bits per heavy atom. The second kappa shape index (κ2) is 12.3. The molecule has 1 atom stereocenters. The maximum atomic E-state index is 13.6. The number of unbranched alkanes of at least 4 members (excludes halogenated alkanes) is 1. The van der Waals surface area contributed by atoms with Crippen LogP contribution in [0.15, 0.2) is 60.0 Å². The Bertz CT molecular complexity index is 1250. The van der Waals surface area contributed by atoms with Crippen molar-refractivity contribution in [3.63, 3.8) is 0 Å². The van der Waals surface area contributed by atoms with Crippen molar-refractivity contribution in [3.05, 3.63) is 92.7 Å². The highest BCUT2D eigenvalue weighted by atomic mass is 32.1. The molecular formula is C32H39N3O2S. The number of hydrogen-bond donors (Lipinski definition) is 0. The summed E-state index contributed by atoms with van der Waals surface area (Å²) in [7, 11) is 0. The standard InChI is InChI=1S/C32H39N3O2S/c1-3-4-9-25-11-13-26(14-12-25)32(37)34-18-7-17-33(20-21-34)30(36)23-35-19-15-29-28(16-22-38-29)31(35)27-10-6-5-8-24(27)2/h5-6,8,10-14,16,22,31H,3-4,7,9,15,17-21,23H2,1-2H3. The molecule has 6 heteroatoms. The predicted molar refractivity (Wildman–Crippen MR) is 155 cm³/mol. The fourth-order valence-corrected chi connectivity index (χ4v) is 6.72. The Morgan fingerprint density at radius 1 is 0.895 bits per heavy atom. The van der Waals surface area contributed by atoms with Gasteiger partial charge in [0.1, 0.15) is 0 Å². The van der Waals surface area contributed by atoms with E-state index in [1.807, 2.05) is 33.3 Å². The van der Waals surface area contributed by atoms with Crippen LogP contribution in [0.1, 0.15) is 69.7 Å². The molecule has 0 spiro atoms. The molecule has 0 radical (unpaired) electrons. The average Bonchev–Trinajstić information content (AvgIpc) is 3.28. The maximum absolute atomic E-state index is 13.6. The summed E-state index contributed by atoms with van der Waals surface area (Å²) in [4.78, 5) is 34.5. The Morgan fingerprint density at radius 3 is 2.45 bits per heavy atom. The Kier molecular flexibility index (Phi) is 8.60. The lowest BCUT2D eigenvalue weighted by atomic mass is 9.90. The fraction of sp³-hybridized carbons (Fsp3) is 0.438. The third-order valence-corrected chi connectivity index (χ3v) is 9.04. The van der Waals surface area contributed by atoms with Crippen LogP contribution in [0.3, 0.4) is 0 Å². The van der Waals surface area contributed by atoms with Crippen LogP contribution in [0, 0.1) is 6.92 Å². The van der Waals surface area contributed by atoms with Crippen LogP contribution in [0.4, 0.5) is 0 Å². The first-order valence-corrected chi connectivity index (χ1v) is 14.9. The van der Waals surface area contributed by atoms with Gasteiger partial charge in [0.25, 0.3) is 5.91 Å². The molecule has 0 aliphatic carbocycles. The molecule has 2 aliphatic heterocycles. The number of nitrogens with zero attached hydrogens (tertiary/aromatic N) is 3. The van der Waals surface area contributed by atoms with Crippen molar-refractivity contribution in [1.29, 1.82) is 0 Å². The van der Waals surface area contributed by atoms with Gasteiger partial charge in [-0.3, -0.25) is 14.5 Å². The van der Waals surface area contributed by atoms with E-state index in [1.165, 1.54) is 40.0 Å². The second-order valence-corrected chi connectivity index (χ2v) is 11.6. The summed E-state index contributed by atoms with van der Waals surface area (Å²) in [5.41, 5.74) is 5.92. The predicted octanol–water partition coefficient (Wildman–Crippen LogP) is 5.72. The highest BCUT2D eigenvalue weighted by molar-refractivity contribution is 7.10. The molecule has 0 N–H and O–H groups in total. The van der Waals surface area contributed by atoms with Crippen molar-refractivity contribution >= 4 is 23.2 Å². The number of amides is 2. The summed E-state index contributed by atoms with van der Waals surface area (Å²) in [6.45, 7) is 8.20. The summed E-state index contributed by atoms with van der Waals surface area (Å²) in [5, 5.41) is 2.18. The van der Waals surface area contributed by atoms with Crippen molar-refractivity contribution in [2.75, 3.05) is 39.3 Å². The zero-order valence-electron chi connectivity index (χ0n) is 22.7. The molecule has 3 aromatic rings. The number of rotatable bonds is 7. The molecule has 1 unspecified atom stereocenters. The van der Waals surface area contributed by atoms with Crippen LogP contribution in [0.2, 0.25) is 0 Å². The lowest BCUT2D eigenvalue weighted by molar-refractivity contribution is -0.132. The van der Waals surface area contributed by atoms with E-state index in [2.05, 4.69) is 66.6 Å². The lowest BCUT2D eigenvalue weighted by Crippen LogP contribution is -2.45. The Balaban J connectivity index is 1.23. The second-order valence-electron chi connectivity index (χ2n) is 10.6. The van der Waals surface area contributed by atoms with Gasteiger partial charge in [-0.25, -0.2) is 0 Å². The van der Waals surface area contributed by atoms with Crippen LogP contribution in [0.25, 0.3) is 0 Å². The zero-order valence-corrected chi connectivity index (χ0v) is 23.5. The van der Waals surface area contributed by atoms with E-state index < -0.39 is 0 Å². The van der Waals surface area contributed by atoms with Crippen molar-refractivity contribution < 1.29 is 9.59 Å². The molecule has 2 aromatic carbocycles. The van der Waals surface area contributed by atoms with E-state index in [-0.39, 0.29) is 17.9 Å². The van der Waals surface area contributed by atoms with Crippen LogP contribution in [-0.2, 0) is 17.6 Å². The minimum atomic E-state index is 0.0713. The number of fused-ring (bicyclic) bond motifs is 1. The van der Waals surface area contributed by atoms with E-state index in [1.54, 1.807) is 0 Å². The molecule has 0 bridgehead atoms. The molecule has 2 amide bonds. The van der Waals surface area contributed by atoms with Gasteiger partial charge in [0.05, 0.1) is 12.6 Å². The number of benzene rings is 2. The van der Waals surface area contributed by atoms with Gasteiger partial charge in [0.15, 0.2) is 0 Å². The molecule has 1 fully saturated rings. The van der Waals surface area contributed by atoms with E-state index in [0.29, 0.717) is 32.7 Å². The van der Waals surface area contributed by atoms with Crippen LogP contribution < -0.4 is 0 Å². The molecule has 0 saturated carbocycles. The van der Waals surface area contributed by atoms with Gasteiger partial charge in [-0.2, -0.15) is 0 Å². The quantitative estimate of drug-likeness (QED) is 0.393. The van der Waals surface area contributed by atoms with Gasteiger partial charge in [-0.15, -0.1) is 11.3 Å². The average molecular weight is 530 g/mol. The van der Waals surface area contributed by atoms with Gasteiger partial charge in [-0.05, 0) is 78.4 Å². The van der Waals surface area contributed by atoms with Gasteiger partial charge < -0.3 is 9.80 Å². The van der Waals surface area contributed by atoms with Crippen LogP contribution in [0.5, 0.6) is 0 Å². The van der Waals surface area contributed by atoms with Crippen molar-refractivity contribution in [2.24, 2.45) is 0 Å². The molecule has 5 rings (SSSR count). The molecule has 3 heterocycles. The number of carbonyl (C=O) groups is 2. The molecule has 2 aliphatic rings. The van der Waals surface area contributed by atoms with Crippen molar-refractivity contribution in [3.8, 4) is 0 Å². The van der Waals surface area contributed by atoms with Gasteiger partial charge >= 0.3 is 0 Å². The smallest absolute Gasteiger partial charge is 0.253 e. The zero-order chi connectivity index (χ0) is 26.5. The number of thiophene rings is 1. The topological polar surface area (TPSA) is 43.9 Å². The fourth-order valence-electron chi connectivity index (χ4n) is 5.82. The first kappa shape index (κ1) is 26.6. The van der Waals surface area contributed by atoms with Crippen molar-refractivity contribution in [1.82, 2.24) is 14.7 Å². The summed E-state index contributed by atoms with van der Waals surface area (Å²) in [5.74, 6) is 0.235. The SMILES string of the molecule is CCCCc1ccc(C(=O)N2CCCN(C(=O)CN3CCc4sccc4C3c3ccccc3C)CC2)cc1. The van der Waals surface area contributed by atoms with E-state index in [0.717, 1.165) is 31.4 Å². The third-order valence-electron chi connectivity index (χ3n) is 8.04. The minimum absolute atomic E-state index is 0.0713. The lowest BCUT2D eigenvalue weighted by Gasteiger charge is -2.37. The number of carbonyl (C=O) groups excluding carboxylic acids is 2. The molecule has 38 heavy (non-hydrogen) atoms. The summed E-state index contributed by atoms with van der Waals surface area (Å²) >= 11 is 1.83. The van der Waals surface area contributed by atoms with Crippen LogP contribution in [-0.4, -0.2) is 65.8 Å². The molecule has 1 saturated heterocycles. The molecular weight excluding hydrogens is 490 g/mol. The molecule has 1 aromatic heterocycles. The Hall–Kier alpha value is -2.96. The highest BCUT2D eigenvalue weighted by Crippen LogP contribution is 2.38. The van der Waals surface area contributed by atoms with Crippen LogP contribution >= 0.6 is 11.3 Å². The summed E-state index contributed by atoms with van der Waals surface area (Å²) < 4.78 is 0. The van der Waals surface area contributed by atoms with Gasteiger partial charge in [0.2, 0.25) is 5.91 Å². The number of aryl methyl sites for hydroxylation is 2. The third kappa shape index (κ3) is 5.87. The van der Waals surface area contributed by atoms with Gasteiger partial charge in [0, 0.05) is 43.2 Å². The van der Waals surface area contributed by atoms with Gasteiger partial charge in [-0.1, -0.05) is 49.7 Å². The largest absolute Gasteiger partial charge is 0.340 e. The Labute approximate surface area is 231 Å². The summed E-state index contributed by atoms with van der Waals surface area (Å²) in [6.07, 6.45) is 5.19. The monoisotopic (exact) mass is 529 g/mol. The maximum Gasteiger partial charge on any atom is 0.253 e. The highest BCUT2D eigenvalue weighted by Gasteiger charge is 2.33. The normalized spacial score (nSPS) is 18.2. The van der Waals surface area contributed by atoms with E-state index >= 15 is 0 Å². The van der Waals surface area contributed by atoms with Crippen molar-refractivity contribution in [2.45, 2.75) is 52.0 Å².